The number of fused-ring (bicyclic) bond motifs is 1. The van der Waals surface area contributed by atoms with Crippen LogP contribution in [0.4, 0.5) is 22.7 Å². The molecular weight excluding hydrogens is 586 g/mol. The molecule has 0 radical (unpaired) electrons. The van der Waals surface area contributed by atoms with Gasteiger partial charge in [0.25, 0.3) is 0 Å². The fourth-order valence-corrected chi connectivity index (χ4v) is 5.00. The molecule has 1 aromatic heterocycles. The van der Waals surface area contributed by atoms with E-state index in [-0.39, 0.29) is 5.91 Å². The largest absolute Gasteiger partial charge is 0.492 e. The second-order valence-electron chi connectivity index (χ2n) is 10.3. The normalized spacial score (nSPS) is 10.8. The Morgan fingerprint density at radius 2 is 1.78 bits per heavy atom. The van der Waals surface area contributed by atoms with Crippen LogP contribution in [0, 0.1) is 11.3 Å². The zero-order valence-corrected chi connectivity index (χ0v) is 25.9. The van der Waals surface area contributed by atoms with Crippen molar-refractivity contribution in [2.75, 3.05) is 36.2 Å². The molecule has 0 fully saturated rings. The molecule has 2 N–H and O–H groups in total. The number of nitrogens with zero attached hydrogens (tertiary/aromatic N) is 3. The molecule has 0 aliphatic heterocycles. The van der Waals surface area contributed by atoms with Crippen LogP contribution in [0.2, 0.25) is 5.02 Å². The van der Waals surface area contributed by atoms with Crippen molar-refractivity contribution in [2.45, 2.75) is 13.5 Å². The van der Waals surface area contributed by atoms with E-state index >= 15 is 0 Å². The molecule has 0 spiro atoms. The first-order valence-electron chi connectivity index (χ1n) is 14.3. The van der Waals surface area contributed by atoms with Crippen LogP contribution < -0.4 is 25.0 Å². The Morgan fingerprint density at radius 3 is 2.51 bits per heavy atom. The molecule has 9 heteroatoms. The number of halogens is 1. The number of pyridine rings is 1. The monoisotopic (exact) mass is 617 g/mol. The minimum absolute atomic E-state index is 0.324. The summed E-state index contributed by atoms with van der Waals surface area (Å²) in [6.07, 6.45) is 4.75. The summed E-state index contributed by atoms with van der Waals surface area (Å²) in [6, 6.07) is 28.7. The second kappa shape index (κ2) is 14.3. The highest BCUT2D eigenvalue weighted by atomic mass is 35.5. The quantitative estimate of drug-likeness (QED) is 0.144. The van der Waals surface area contributed by atoms with E-state index in [2.05, 4.69) is 21.7 Å². The summed E-state index contributed by atoms with van der Waals surface area (Å²) < 4.78 is 11.8. The zero-order valence-electron chi connectivity index (χ0n) is 25.2. The van der Waals surface area contributed by atoms with Crippen molar-refractivity contribution in [3.63, 3.8) is 0 Å². The summed E-state index contributed by atoms with van der Waals surface area (Å²) in [5.74, 6) is 0.672. The highest BCUT2D eigenvalue weighted by Gasteiger charge is 2.16. The van der Waals surface area contributed by atoms with E-state index in [4.69, 9.17) is 21.1 Å². The van der Waals surface area contributed by atoms with Crippen LogP contribution in [0.5, 0.6) is 11.5 Å². The summed E-state index contributed by atoms with van der Waals surface area (Å²) in [6.45, 7) is 2.64. The van der Waals surface area contributed by atoms with Crippen molar-refractivity contribution in [3.05, 3.63) is 119 Å². The molecule has 1 heterocycles. The van der Waals surface area contributed by atoms with Gasteiger partial charge in [-0.1, -0.05) is 60.1 Å². The number of nitriles is 1. The van der Waals surface area contributed by atoms with E-state index in [1.807, 2.05) is 86.6 Å². The molecule has 0 bridgehead atoms. The third kappa shape index (κ3) is 7.53. The van der Waals surface area contributed by atoms with E-state index in [0.717, 1.165) is 16.8 Å². The number of aromatic nitrogens is 1. The van der Waals surface area contributed by atoms with Crippen molar-refractivity contribution in [1.29, 1.82) is 5.26 Å². The molecule has 4 aromatic carbocycles. The average molecular weight is 618 g/mol. The first-order chi connectivity index (χ1) is 21.9. The Morgan fingerprint density at radius 1 is 1.00 bits per heavy atom. The average Bonchev–Trinajstić information content (AvgIpc) is 3.04. The fraction of sp³-hybridized carbons (Fsp3) is 0.139. The maximum absolute atomic E-state index is 13.1. The van der Waals surface area contributed by atoms with Gasteiger partial charge in [0.15, 0.2) is 0 Å². The highest BCUT2D eigenvalue weighted by Crippen LogP contribution is 2.37. The Labute approximate surface area is 267 Å². The lowest BCUT2D eigenvalue weighted by molar-refractivity contribution is -0.111. The maximum atomic E-state index is 13.1. The number of benzene rings is 4. The lowest BCUT2D eigenvalue weighted by Gasteiger charge is -2.17. The van der Waals surface area contributed by atoms with Crippen LogP contribution in [0.25, 0.3) is 17.0 Å². The predicted octanol–water partition coefficient (Wildman–Crippen LogP) is 8.20. The summed E-state index contributed by atoms with van der Waals surface area (Å²) >= 11 is 6.58. The lowest BCUT2D eigenvalue weighted by Crippen LogP contribution is -2.11. The van der Waals surface area contributed by atoms with Gasteiger partial charge in [0.2, 0.25) is 5.91 Å². The Hall–Kier alpha value is -5.52. The first kappa shape index (κ1) is 30.9. The first-order valence-corrected chi connectivity index (χ1v) is 14.7. The molecule has 5 rings (SSSR count). The molecule has 45 heavy (non-hydrogen) atoms. The van der Waals surface area contributed by atoms with Crippen molar-refractivity contribution in [1.82, 2.24) is 4.98 Å². The lowest BCUT2D eigenvalue weighted by atomic mass is 10.1. The molecule has 5 aromatic rings. The minimum atomic E-state index is -0.333. The Balaban J connectivity index is 1.44. The second-order valence-corrected chi connectivity index (χ2v) is 10.7. The fourth-order valence-electron chi connectivity index (χ4n) is 4.76. The summed E-state index contributed by atoms with van der Waals surface area (Å²) in [5.41, 5.74) is 5.45. The molecule has 0 aliphatic carbocycles. The molecule has 0 saturated carbocycles. The number of hydrogen-bond acceptors (Lipinski definition) is 7. The third-order valence-electron chi connectivity index (χ3n) is 6.92. The highest BCUT2D eigenvalue weighted by molar-refractivity contribution is 6.32. The van der Waals surface area contributed by atoms with Gasteiger partial charge in [-0.25, -0.2) is 0 Å². The van der Waals surface area contributed by atoms with Gasteiger partial charge in [-0.2, -0.15) is 5.26 Å². The predicted molar refractivity (Wildman–Crippen MR) is 182 cm³/mol. The van der Waals surface area contributed by atoms with Gasteiger partial charge < -0.3 is 25.0 Å². The van der Waals surface area contributed by atoms with Gasteiger partial charge in [-0.05, 0) is 54.5 Å². The van der Waals surface area contributed by atoms with Crippen molar-refractivity contribution in [2.24, 2.45) is 0 Å². The van der Waals surface area contributed by atoms with Gasteiger partial charge in [-0.3, -0.25) is 9.78 Å². The van der Waals surface area contributed by atoms with Crippen molar-refractivity contribution >= 4 is 57.2 Å². The minimum Gasteiger partial charge on any atom is -0.492 e. The van der Waals surface area contributed by atoms with Gasteiger partial charge in [0, 0.05) is 49.2 Å². The number of rotatable bonds is 11. The molecule has 0 atom stereocenters. The number of anilines is 4. The molecule has 0 saturated heterocycles. The van der Waals surface area contributed by atoms with E-state index in [1.54, 1.807) is 30.3 Å². The van der Waals surface area contributed by atoms with Crippen LogP contribution in [0.1, 0.15) is 23.6 Å². The van der Waals surface area contributed by atoms with Crippen LogP contribution in [0.3, 0.4) is 0 Å². The van der Waals surface area contributed by atoms with Gasteiger partial charge in [0.1, 0.15) is 24.2 Å². The van der Waals surface area contributed by atoms with E-state index in [9.17, 15) is 10.1 Å². The van der Waals surface area contributed by atoms with Crippen LogP contribution in [-0.2, 0) is 11.4 Å². The Kier molecular flexibility index (Phi) is 9.83. The summed E-state index contributed by atoms with van der Waals surface area (Å²) in [4.78, 5) is 19.6. The number of carbonyl (C=O) groups excluding carboxylic acids is 1. The van der Waals surface area contributed by atoms with Crippen LogP contribution in [0.15, 0.2) is 97.2 Å². The third-order valence-corrected chi connectivity index (χ3v) is 7.21. The smallest absolute Gasteiger partial charge is 0.248 e. The summed E-state index contributed by atoms with van der Waals surface area (Å²) in [5, 5.41) is 17.2. The number of nitrogens with one attached hydrogen (secondary N) is 2. The molecule has 0 aliphatic rings. The van der Waals surface area contributed by atoms with E-state index < -0.39 is 0 Å². The standard InChI is InChI=1S/C36H32ClN5O3/c1-4-44-34-20-30-28(19-31(34)41-35(43)17-14-25-12-8-9-13-32(25)42(2)3)36(26(21-38)22-39-30)40-27-15-16-33(29(37)18-27)45-23-24-10-6-5-7-11-24/h5-20,22H,4,23H2,1-3H3,(H,39,40)(H,41,43). The van der Waals surface area contributed by atoms with Gasteiger partial charge in [0.05, 0.1) is 34.1 Å². The number of ether oxygens (including phenoxy) is 2. The number of carbonyl (C=O) groups is 1. The number of hydrogen-bond donors (Lipinski definition) is 2. The SMILES string of the molecule is CCOc1cc2ncc(C#N)c(Nc3ccc(OCc4ccccc4)c(Cl)c3)c2cc1NC(=O)C=Cc1ccccc1N(C)C. The van der Waals surface area contributed by atoms with Gasteiger partial charge in [-0.15, -0.1) is 0 Å². The van der Waals surface area contributed by atoms with Crippen LogP contribution in [-0.4, -0.2) is 31.6 Å². The topological polar surface area (TPSA) is 99.5 Å². The van der Waals surface area contributed by atoms with Crippen LogP contribution >= 0.6 is 11.6 Å². The number of para-hydroxylation sites is 1. The summed E-state index contributed by atoms with van der Waals surface area (Å²) in [7, 11) is 3.90. The molecule has 1 amide bonds. The Bertz CT molecular complexity index is 1900. The van der Waals surface area contributed by atoms with E-state index in [1.165, 1.54) is 12.3 Å². The molecule has 8 nitrogen and oxygen atoms in total. The molecular formula is C36H32ClN5O3. The molecule has 226 valence electrons. The van der Waals surface area contributed by atoms with Crippen molar-refractivity contribution < 1.29 is 14.3 Å². The van der Waals surface area contributed by atoms with Gasteiger partial charge >= 0.3 is 0 Å². The molecule has 0 unspecified atom stereocenters. The zero-order chi connectivity index (χ0) is 31.8. The van der Waals surface area contributed by atoms with Crippen molar-refractivity contribution in [3.8, 4) is 17.6 Å². The number of amides is 1. The maximum Gasteiger partial charge on any atom is 0.248 e. The van der Waals surface area contributed by atoms with E-state index in [0.29, 0.717) is 63.3 Å².